The zero-order valence-electron chi connectivity index (χ0n) is 16.2. The van der Waals surface area contributed by atoms with E-state index in [2.05, 4.69) is 5.32 Å². The Kier molecular flexibility index (Phi) is 5.82. The molecule has 3 aromatic rings. The molecule has 0 unspecified atom stereocenters. The fourth-order valence-electron chi connectivity index (χ4n) is 3.10. The third kappa shape index (κ3) is 4.49. The van der Waals surface area contributed by atoms with Crippen LogP contribution in [0.3, 0.4) is 0 Å². The summed E-state index contributed by atoms with van der Waals surface area (Å²) in [4.78, 5) is 38.7. The molecular formula is C24H17ClN2O4. The van der Waals surface area contributed by atoms with Gasteiger partial charge in [0.05, 0.1) is 5.69 Å². The molecule has 1 fully saturated rings. The molecule has 1 saturated heterocycles. The molecule has 0 atom stereocenters. The summed E-state index contributed by atoms with van der Waals surface area (Å²) < 4.78 is 5.90. The van der Waals surface area contributed by atoms with Crippen molar-refractivity contribution in [2.75, 3.05) is 4.90 Å². The van der Waals surface area contributed by atoms with Crippen molar-refractivity contribution in [3.05, 3.63) is 101 Å². The predicted molar refractivity (Wildman–Crippen MR) is 118 cm³/mol. The first kappa shape index (κ1) is 20.4. The quantitative estimate of drug-likeness (QED) is 0.472. The monoisotopic (exact) mass is 432 g/mol. The fraction of sp³-hybridized carbons (Fsp3) is 0.0417. The fourth-order valence-corrected chi connectivity index (χ4v) is 3.23. The third-order valence-electron chi connectivity index (χ3n) is 4.64. The van der Waals surface area contributed by atoms with E-state index in [4.69, 9.17) is 16.3 Å². The highest BCUT2D eigenvalue weighted by Crippen LogP contribution is 2.26. The number of ether oxygens (including phenoxy) is 1. The van der Waals surface area contributed by atoms with Crippen LogP contribution in [0.2, 0.25) is 5.02 Å². The van der Waals surface area contributed by atoms with Gasteiger partial charge in [0.1, 0.15) is 17.9 Å². The van der Waals surface area contributed by atoms with Crippen LogP contribution in [-0.4, -0.2) is 17.8 Å². The Bertz CT molecular complexity index is 1170. The lowest BCUT2D eigenvalue weighted by Gasteiger charge is -2.26. The highest BCUT2D eigenvalue weighted by molar-refractivity contribution is 6.39. The lowest BCUT2D eigenvalue weighted by molar-refractivity contribution is -0.122. The van der Waals surface area contributed by atoms with Crippen LogP contribution in [0.25, 0.3) is 6.08 Å². The summed E-state index contributed by atoms with van der Waals surface area (Å²) in [5.74, 6) is -0.985. The van der Waals surface area contributed by atoms with Crippen molar-refractivity contribution in [1.82, 2.24) is 5.32 Å². The van der Waals surface area contributed by atoms with Gasteiger partial charge in [-0.25, -0.2) is 9.69 Å². The third-order valence-corrected chi connectivity index (χ3v) is 4.89. The SMILES string of the molecule is O=C1NC(=O)N(c2ccc(Cl)cc2)C(=O)/C1=C/c1ccccc1OCc1ccccc1. The number of anilines is 1. The Hall–Kier alpha value is -3.90. The second-order valence-corrected chi connectivity index (χ2v) is 7.18. The number of para-hydroxylation sites is 1. The standard InChI is InChI=1S/C24H17ClN2O4/c25-18-10-12-19(13-11-18)27-23(29)20(22(28)26-24(27)30)14-17-8-4-5-9-21(17)31-15-16-6-2-1-3-7-16/h1-14H,15H2,(H,26,28,30)/b20-14+. The summed E-state index contributed by atoms with van der Waals surface area (Å²) in [5.41, 5.74) is 1.66. The van der Waals surface area contributed by atoms with E-state index in [1.165, 1.54) is 18.2 Å². The maximum atomic E-state index is 13.0. The second kappa shape index (κ2) is 8.85. The van der Waals surface area contributed by atoms with Crippen LogP contribution in [0.1, 0.15) is 11.1 Å². The molecule has 7 heteroatoms. The number of amides is 4. The Morgan fingerprint density at radius 3 is 2.29 bits per heavy atom. The number of benzene rings is 3. The van der Waals surface area contributed by atoms with Gasteiger partial charge in [0.15, 0.2) is 0 Å². The first-order chi connectivity index (χ1) is 15.0. The van der Waals surface area contributed by atoms with E-state index >= 15 is 0 Å². The summed E-state index contributed by atoms with van der Waals surface area (Å²) in [5, 5.41) is 2.67. The van der Waals surface area contributed by atoms with Crippen molar-refractivity contribution >= 4 is 41.2 Å². The van der Waals surface area contributed by atoms with Gasteiger partial charge in [-0.2, -0.15) is 0 Å². The molecule has 1 heterocycles. The molecule has 154 valence electrons. The van der Waals surface area contributed by atoms with Crippen LogP contribution < -0.4 is 15.0 Å². The van der Waals surface area contributed by atoms with E-state index in [9.17, 15) is 14.4 Å². The van der Waals surface area contributed by atoms with Gasteiger partial charge in [0.2, 0.25) is 0 Å². The number of hydrogen-bond donors (Lipinski definition) is 1. The van der Waals surface area contributed by atoms with Gasteiger partial charge in [0.25, 0.3) is 11.8 Å². The normalized spacial score (nSPS) is 15.2. The molecule has 4 rings (SSSR count). The van der Waals surface area contributed by atoms with Crippen molar-refractivity contribution in [2.24, 2.45) is 0 Å². The smallest absolute Gasteiger partial charge is 0.335 e. The van der Waals surface area contributed by atoms with E-state index in [1.54, 1.807) is 36.4 Å². The molecule has 4 amide bonds. The number of nitrogens with zero attached hydrogens (tertiary/aromatic N) is 1. The average molecular weight is 433 g/mol. The number of nitrogens with one attached hydrogen (secondary N) is 1. The molecule has 0 spiro atoms. The summed E-state index contributed by atoms with van der Waals surface area (Å²) >= 11 is 5.89. The van der Waals surface area contributed by atoms with Crippen molar-refractivity contribution in [1.29, 1.82) is 0 Å². The summed E-state index contributed by atoms with van der Waals surface area (Å²) in [6.07, 6.45) is 1.42. The van der Waals surface area contributed by atoms with Crippen LogP contribution in [0.4, 0.5) is 10.5 Å². The highest BCUT2D eigenvalue weighted by atomic mass is 35.5. The van der Waals surface area contributed by atoms with Crippen LogP contribution in [0, 0.1) is 0 Å². The van der Waals surface area contributed by atoms with Crippen LogP contribution >= 0.6 is 11.6 Å². The number of rotatable bonds is 5. The Morgan fingerprint density at radius 2 is 1.55 bits per heavy atom. The lowest BCUT2D eigenvalue weighted by Crippen LogP contribution is -2.54. The van der Waals surface area contributed by atoms with E-state index in [0.29, 0.717) is 28.6 Å². The average Bonchev–Trinajstić information content (AvgIpc) is 2.78. The Labute approximate surface area is 183 Å². The summed E-state index contributed by atoms with van der Waals surface area (Å²) in [6, 6.07) is 22.1. The van der Waals surface area contributed by atoms with Crippen molar-refractivity contribution in [3.8, 4) is 5.75 Å². The number of carbonyl (C=O) groups is 3. The van der Waals surface area contributed by atoms with Gasteiger partial charge in [0, 0.05) is 10.6 Å². The number of hydrogen-bond acceptors (Lipinski definition) is 4. The predicted octanol–water partition coefficient (Wildman–Crippen LogP) is 4.59. The van der Waals surface area contributed by atoms with Crippen LogP contribution in [-0.2, 0) is 16.2 Å². The molecule has 0 bridgehead atoms. The molecule has 1 aliphatic heterocycles. The van der Waals surface area contributed by atoms with Gasteiger partial charge < -0.3 is 4.74 Å². The number of barbiturate groups is 1. The number of halogens is 1. The van der Waals surface area contributed by atoms with E-state index in [-0.39, 0.29) is 5.57 Å². The zero-order valence-corrected chi connectivity index (χ0v) is 17.0. The molecule has 1 N–H and O–H groups in total. The molecule has 0 radical (unpaired) electrons. The largest absolute Gasteiger partial charge is 0.488 e. The minimum Gasteiger partial charge on any atom is -0.488 e. The highest BCUT2D eigenvalue weighted by Gasteiger charge is 2.36. The van der Waals surface area contributed by atoms with Crippen molar-refractivity contribution in [3.63, 3.8) is 0 Å². The maximum Gasteiger partial charge on any atom is 0.335 e. The van der Waals surface area contributed by atoms with Crippen LogP contribution in [0.5, 0.6) is 5.75 Å². The summed E-state index contributed by atoms with van der Waals surface area (Å²) in [7, 11) is 0. The topological polar surface area (TPSA) is 75.7 Å². The molecule has 6 nitrogen and oxygen atoms in total. The molecule has 1 aliphatic rings. The maximum absolute atomic E-state index is 13.0. The molecule has 0 saturated carbocycles. The van der Waals surface area contributed by atoms with Gasteiger partial charge in [-0.05, 0) is 42.0 Å². The van der Waals surface area contributed by atoms with E-state index < -0.39 is 17.8 Å². The Morgan fingerprint density at radius 1 is 0.871 bits per heavy atom. The number of imide groups is 2. The number of carbonyl (C=O) groups excluding carboxylic acids is 3. The van der Waals surface area contributed by atoms with Crippen molar-refractivity contribution in [2.45, 2.75) is 6.61 Å². The molecular weight excluding hydrogens is 416 g/mol. The minimum atomic E-state index is -0.817. The molecule has 0 aliphatic carbocycles. The van der Waals surface area contributed by atoms with Crippen LogP contribution in [0.15, 0.2) is 84.4 Å². The van der Waals surface area contributed by atoms with E-state index in [1.807, 2.05) is 30.3 Å². The lowest BCUT2D eigenvalue weighted by atomic mass is 10.1. The van der Waals surface area contributed by atoms with E-state index in [0.717, 1.165) is 10.5 Å². The molecule has 31 heavy (non-hydrogen) atoms. The van der Waals surface area contributed by atoms with Gasteiger partial charge in [-0.3, -0.25) is 14.9 Å². The first-order valence-corrected chi connectivity index (χ1v) is 9.83. The van der Waals surface area contributed by atoms with Crippen molar-refractivity contribution < 1.29 is 19.1 Å². The Balaban J connectivity index is 1.64. The van der Waals surface area contributed by atoms with Gasteiger partial charge >= 0.3 is 6.03 Å². The number of urea groups is 1. The molecule has 3 aromatic carbocycles. The second-order valence-electron chi connectivity index (χ2n) is 6.75. The minimum absolute atomic E-state index is 0.176. The summed E-state index contributed by atoms with van der Waals surface area (Å²) in [6.45, 7) is 0.330. The first-order valence-electron chi connectivity index (χ1n) is 9.46. The molecule has 0 aromatic heterocycles. The zero-order chi connectivity index (χ0) is 21.8. The van der Waals surface area contributed by atoms with Gasteiger partial charge in [-0.1, -0.05) is 60.1 Å². The van der Waals surface area contributed by atoms with Gasteiger partial charge in [-0.15, -0.1) is 0 Å².